The lowest BCUT2D eigenvalue weighted by molar-refractivity contribution is 0.186. The number of fused-ring (bicyclic) bond motifs is 1. The Bertz CT molecular complexity index is 925. The lowest BCUT2D eigenvalue weighted by Crippen LogP contribution is -2.16. The number of aromatic nitrogens is 1. The lowest BCUT2D eigenvalue weighted by Gasteiger charge is -2.06. The maximum absolute atomic E-state index is 13.1. The number of methoxy groups -OCH3 is 1. The van der Waals surface area contributed by atoms with Crippen molar-refractivity contribution in [3.8, 4) is 0 Å². The van der Waals surface area contributed by atoms with Crippen LogP contribution in [0.5, 0.6) is 0 Å². The molecule has 1 heterocycles. The van der Waals surface area contributed by atoms with Gasteiger partial charge < -0.3 is 13.9 Å². The minimum Gasteiger partial charge on any atom is -0.408 e. The standard InChI is InChI=1S/C16H14ClFN2O3S/c1-22-7-6-20-14-5-3-11(9-15(14)23-16(20)21)24-19-10-2-4-13(18)12(17)8-10/h2-5,8-9,19H,6-7H2,1H3. The number of nitrogens with one attached hydrogen (secondary N) is 1. The molecular formula is C16H14ClFN2O3S. The Morgan fingerprint density at radius 3 is 2.92 bits per heavy atom. The molecule has 0 bridgehead atoms. The highest BCUT2D eigenvalue weighted by molar-refractivity contribution is 8.00. The Morgan fingerprint density at radius 2 is 2.17 bits per heavy atom. The first-order valence-corrected chi connectivity index (χ1v) is 8.28. The van der Waals surface area contributed by atoms with Gasteiger partial charge in [0.15, 0.2) is 5.58 Å². The van der Waals surface area contributed by atoms with Crippen molar-refractivity contribution >= 4 is 40.3 Å². The van der Waals surface area contributed by atoms with E-state index in [2.05, 4.69) is 4.72 Å². The van der Waals surface area contributed by atoms with Gasteiger partial charge in [-0.15, -0.1) is 0 Å². The van der Waals surface area contributed by atoms with E-state index >= 15 is 0 Å². The summed E-state index contributed by atoms with van der Waals surface area (Å²) in [6.07, 6.45) is 0. The molecule has 3 rings (SSSR count). The Hall–Kier alpha value is -1.96. The van der Waals surface area contributed by atoms with Crippen molar-refractivity contribution in [3.63, 3.8) is 0 Å². The lowest BCUT2D eigenvalue weighted by atomic mass is 10.3. The number of anilines is 1. The van der Waals surface area contributed by atoms with Crippen LogP contribution in [0, 0.1) is 5.82 Å². The first kappa shape index (κ1) is 16.9. The summed E-state index contributed by atoms with van der Waals surface area (Å²) in [7, 11) is 1.58. The SMILES string of the molecule is COCCn1c(=O)oc2cc(SNc3ccc(F)c(Cl)c3)ccc21. The van der Waals surface area contributed by atoms with E-state index in [0.717, 1.165) is 4.90 Å². The summed E-state index contributed by atoms with van der Waals surface area (Å²) in [6.45, 7) is 0.860. The molecule has 0 saturated carbocycles. The van der Waals surface area contributed by atoms with Crippen LogP contribution in [0.2, 0.25) is 5.02 Å². The molecule has 2 aromatic carbocycles. The normalized spacial score (nSPS) is 11.1. The number of halogens is 2. The Balaban J connectivity index is 1.78. The summed E-state index contributed by atoms with van der Waals surface area (Å²) in [5.74, 6) is -0.879. The zero-order valence-corrected chi connectivity index (χ0v) is 14.3. The summed E-state index contributed by atoms with van der Waals surface area (Å²) in [5.41, 5.74) is 1.89. The van der Waals surface area contributed by atoms with Crippen molar-refractivity contribution < 1.29 is 13.5 Å². The van der Waals surface area contributed by atoms with Gasteiger partial charge in [0.2, 0.25) is 0 Å². The van der Waals surface area contributed by atoms with E-state index in [4.69, 9.17) is 20.8 Å². The average Bonchev–Trinajstić information content (AvgIpc) is 2.88. The number of hydrogen-bond donors (Lipinski definition) is 1. The van der Waals surface area contributed by atoms with E-state index < -0.39 is 11.6 Å². The van der Waals surface area contributed by atoms with E-state index in [-0.39, 0.29) is 5.02 Å². The van der Waals surface area contributed by atoms with Crippen molar-refractivity contribution in [1.29, 1.82) is 0 Å². The summed E-state index contributed by atoms with van der Waals surface area (Å²) < 4.78 is 28.0. The van der Waals surface area contributed by atoms with Crippen molar-refractivity contribution in [1.82, 2.24) is 4.57 Å². The third-order valence-corrected chi connectivity index (χ3v) is 4.48. The number of rotatable bonds is 6. The Morgan fingerprint density at radius 1 is 1.33 bits per heavy atom. The van der Waals surface area contributed by atoms with Crippen molar-refractivity contribution in [3.05, 3.63) is 57.8 Å². The molecule has 1 aromatic heterocycles. The summed E-state index contributed by atoms with van der Waals surface area (Å²) in [4.78, 5) is 12.7. The maximum Gasteiger partial charge on any atom is 0.420 e. The van der Waals surface area contributed by atoms with Gasteiger partial charge >= 0.3 is 5.76 Å². The molecule has 0 saturated heterocycles. The van der Waals surface area contributed by atoms with Gasteiger partial charge in [-0.2, -0.15) is 0 Å². The van der Waals surface area contributed by atoms with Crippen LogP contribution in [-0.2, 0) is 11.3 Å². The van der Waals surface area contributed by atoms with Crippen LogP contribution in [0.4, 0.5) is 10.1 Å². The second-order valence-corrected chi connectivity index (χ2v) is 6.26. The van der Waals surface area contributed by atoms with Crippen molar-refractivity contribution in [2.24, 2.45) is 0 Å². The fraction of sp³-hybridized carbons (Fsp3) is 0.188. The van der Waals surface area contributed by atoms with E-state index in [1.165, 1.54) is 28.6 Å². The highest BCUT2D eigenvalue weighted by Crippen LogP contribution is 2.27. The molecule has 0 amide bonds. The van der Waals surface area contributed by atoms with Gasteiger partial charge in [-0.3, -0.25) is 4.57 Å². The summed E-state index contributed by atoms with van der Waals surface area (Å²) >= 11 is 7.06. The van der Waals surface area contributed by atoms with Crippen molar-refractivity contribution in [2.45, 2.75) is 11.4 Å². The van der Waals surface area contributed by atoms with Gasteiger partial charge in [0, 0.05) is 17.7 Å². The van der Waals surface area contributed by atoms with Gasteiger partial charge in [-0.25, -0.2) is 9.18 Å². The quantitative estimate of drug-likeness (QED) is 0.662. The van der Waals surface area contributed by atoms with E-state index in [1.807, 2.05) is 12.1 Å². The summed E-state index contributed by atoms with van der Waals surface area (Å²) in [6, 6.07) is 9.84. The number of benzene rings is 2. The van der Waals surface area contributed by atoms with Gasteiger partial charge in [0.25, 0.3) is 0 Å². The van der Waals surface area contributed by atoms with E-state index in [1.54, 1.807) is 19.2 Å². The van der Waals surface area contributed by atoms with Crippen LogP contribution < -0.4 is 10.5 Å². The van der Waals surface area contributed by atoms with Gasteiger partial charge in [-0.1, -0.05) is 11.6 Å². The molecule has 0 radical (unpaired) electrons. The van der Waals surface area contributed by atoms with E-state index in [9.17, 15) is 9.18 Å². The smallest absolute Gasteiger partial charge is 0.408 e. The third-order valence-electron chi connectivity index (χ3n) is 3.37. The molecule has 0 aliphatic heterocycles. The van der Waals surface area contributed by atoms with Gasteiger partial charge in [0.1, 0.15) is 5.82 Å². The molecular weight excluding hydrogens is 355 g/mol. The zero-order valence-electron chi connectivity index (χ0n) is 12.7. The van der Waals surface area contributed by atoms with Gasteiger partial charge in [0.05, 0.1) is 23.7 Å². The highest BCUT2D eigenvalue weighted by Gasteiger charge is 2.10. The van der Waals surface area contributed by atoms with Crippen molar-refractivity contribution in [2.75, 3.05) is 18.4 Å². The largest absolute Gasteiger partial charge is 0.420 e. The fourth-order valence-corrected chi connectivity index (χ4v) is 3.03. The zero-order chi connectivity index (χ0) is 17.1. The average molecular weight is 369 g/mol. The molecule has 0 atom stereocenters. The molecule has 24 heavy (non-hydrogen) atoms. The van der Waals surface area contributed by atoms with Crippen LogP contribution in [0.15, 0.2) is 50.5 Å². The van der Waals surface area contributed by atoms with E-state index in [0.29, 0.717) is 29.9 Å². The van der Waals surface area contributed by atoms with Crippen LogP contribution in [0.1, 0.15) is 0 Å². The third kappa shape index (κ3) is 3.58. The molecule has 1 N–H and O–H groups in total. The first-order valence-electron chi connectivity index (χ1n) is 7.09. The number of oxazole rings is 1. The molecule has 0 aliphatic carbocycles. The number of ether oxygens (including phenoxy) is 1. The van der Waals surface area contributed by atoms with Crippen LogP contribution in [0.25, 0.3) is 11.1 Å². The van der Waals surface area contributed by atoms with Crippen LogP contribution in [-0.4, -0.2) is 18.3 Å². The molecule has 8 heteroatoms. The minimum absolute atomic E-state index is 0.0530. The fourth-order valence-electron chi connectivity index (χ4n) is 2.18. The van der Waals surface area contributed by atoms with Gasteiger partial charge in [-0.05, 0) is 48.3 Å². The molecule has 3 aromatic rings. The molecule has 0 fully saturated rings. The monoisotopic (exact) mass is 368 g/mol. The maximum atomic E-state index is 13.1. The second-order valence-electron chi connectivity index (χ2n) is 4.97. The molecule has 0 aliphatic rings. The first-order chi connectivity index (χ1) is 11.6. The number of hydrogen-bond acceptors (Lipinski definition) is 5. The molecule has 5 nitrogen and oxygen atoms in total. The predicted molar refractivity (Wildman–Crippen MR) is 93.2 cm³/mol. The predicted octanol–water partition coefficient (Wildman–Crippen LogP) is 4.15. The Kier molecular flexibility index (Phi) is 5.13. The minimum atomic E-state index is -0.465. The second kappa shape index (κ2) is 7.29. The van der Waals surface area contributed by atoms with Crippen LogP contribution >= 0.6 is 23.5 Å². The number of nitrogens with zero attached hydrogens (tertiary/aromatic N) is 1. The Labute approximate surface area is 146 Å². The topological polar surface area (TPSA) is 56.4 Å². The molecule has 0 spiro atoms. The summed E-state index contributed by atoms with van der Waals surface area (Å²) in [5, 5.41) is 0.0530. The highest BCUT2D eigenvalue weighted by atomic mass is 35.5. The molecule has 0 unspecified atom stereocenters. The van der Waals surface area contributed by atoms with Crippen LogP contribution in [0.3, 0.4) is 0 Å². The molecule has 126 valence electrons.